The van der Waals surface area contributed by atoms with Crippen molar-refractivity contribution < 1.29 is 16.5 Å². The van der Waals surface area contributed by atoms with Crippen molar-refractivity contribution in [2.45, 2.75) is 92.9 Å². The zero-order valence-corrected chi connectivity index (χ0v) is 21.3. The molecule has 0 saturated carbocycles. The molecule has 0 atom stereocenters. The molecule has 2 aromatic carbocycles. The van der Waals surface area contributed by atoms with Crippen molar-refractivity contribution in [3.05, 3.63) is 58.7 Å². The summed E-state index contributed by atoms with van der Waals surface area (Å²) in [6.45, 7) is 13.2. The van der Waals surface area contributed by atoms with Crippen molar-refractivity contribution in [3.63, 3.8) is 0 Å². The second-order valence-corrected chi connectivity index (χ2v) is 8.14. The second-order valence-electron chi connectivity index (χ2n) is 8.14. The van der Waals surface area contributed by atoms with Gasteiger partial charge in [0.25, 0.3) is 0 Å². The molecule has 0 aliphatic carbocycles. The van der Waals surface area contributed by atoms with Gasteiger partial charge in [0.05, 0.1) is 22.8 Å². The first-order valence-corrected chi connectivity index (χ1v) is 11.9. The molecule has 0 spiro atoms. The molecule has 0 fully saturated rings. The Balaban J connectivity index is 0.00000480. The maximum absolute atomic E-state index is 5.11. The fourth-order valence-electron chi connectivity index (χ4n) is 3.71. The van der Waals surface area contributed by atoms with Crippen LogP contribution in [0.3, 0.4) is 0 Å². The predicted molar refractivity (Wildman–Crippen MR) is 134 cm³/mol. The Morgan fingerprint density at radius 2 is 1.03 bits per heavy atom. The van der Waals surface area contributed by atoms with Crippen LogP contribution < -0.4 is 0 Å². The smallest absolute Gasteiger partial charge is 0.0639 e. The molecule has 172 valence electrons. The second kappa shape index (κ2) is 14.4. The average molecular weight is 463 g/mol. The van der Waals surface area contributed by atoms with Crippen LogP contribution in [0.15, 0.2) is 46.4 Å². The van der Waals surface area contributed by atoms with Gasteiger partial charge in [-0.25, -0.2) is 0 Å². The van der Waals surface area contributed by atoms with Crippen LogP contribution in [0.5, 0.6) is 0 Å². The van der Waals surface area contributed by atoms with E-state index in [1.54, 1.807) is 0 Å². The fraction of sp³-hybridized carbons (Fsp3) is 0.500. The number of nitrogens with zero attached hydrogens (tertiary/aromatic N) is 2. The Morgan fingerprint density at radius 3 is 1.42 bits per heavy atom. The van der Waals surface area contributed by atoms with E-state index in [1.165, 1.54) is 35.1 Å². The third kappa shape index (κ3) is 8.73. The molecule has 0 saturated heterocycles. The van der Waals surface area contributed by atoms with E-state index < -0.39 is 0 Å². The number of rotatable bonds is 11. The summed E-state index contributed by atoms with van der Waals surface area (Å²) >= 11 is 0. The fourth-order valence-corrected chi connectivity index (χ4v) is 3.71. The molecule has 0 bridgehead atoms. The summed E-state index contributed by atoms with van der Waals surface area (Å²) in [6, 6.07) is 13.5. The van der Waals surface area contributed by atoms with E-state index in [4.69, 9.17) is 9.98 Å². The van der Waals surface area contributed by atoms with E-state index in [2.05, 4.69) is 77.9 Å². The van der Waals surface area contributed by atoms with Crippen molar-refractivity contribution in [2.75, 3.05) is 0 Å². The van der Waals surface area contributed by atoms with Crippen LogP contribution in [-0.2, 0) is 42.2 Å². The standard InChI is InChI=1S/C28H40N2.Ni/c1-7-12-13-14-28(30-27-19-24(10-4)16-25(11-5)20-27)21(6)29-26-17-22(8-2)15-23(9-3)18-26;/h15-20H,7-14H2,1-6H3;. The normalized spacial score (nSPS) is 12.1. The van der Waals surface area contributed by atoms with Gasteiger partial charge in [0, 0.05) is 16.5 Å². The summed E-state index contributed by atoms with van der Waals surface area (Å²) in [5.41, 5.74) is 9.73. The number of aryl methyl sites for hydroxylation is 4. The van der Waals surface area contributed by atoms with E-state index in [0.29, 0.717) is 0 Å². The van der Waals surface area contributed by atoms with Gasteiger partial charge in [0.1, 0.15) is 0 Å². The van der Waals surface area contributed by atoms with Crippen LogP contribution in [0.2, 0.25) is 0 Å². The first-order valence-electron chi connectivity index (χ1n) is 11.9. The van der Waals surface area contributed by atoms with Crippen LogP contribution in [0.1, 0.15) is 89.5 Å². The van der Waals surface area contributed by atoms with Gasteiger partial charge in [-0.3, -0.25) is 9.98 Å². The van der Waals surface area contributed by atoms with Gasteiger partial charge in [0.2, 0.25) is 0 Å². The molecule has 0 aliphatic heterocycles. The van der Waals surface area contributed by atoms with Crippen molar-refractivity contribution in [2.24, 2.45) is 9.98 Å². The predicted octanol–water partition coefficient (Wildman–Crippen LogP) is 8.38. The molecule has 2 aromatic rings. The summed E-state index contributed by atoms with van der Waals surface area (Å²) in [6.07, 6.45) is 8.74. The Labute approximate surface area is 200 Å². The zero-order valence-electron chi connectivity index (χ0n) is 20.3. The van der Waals surface area contributed by atoms with E-state index >= 15 is 0 Å². The third-order valence-electron chi connectivity index (χ3n) is 5.70. The number of hydrogen-bond donors (Lipinski definition) is 0. The van der Waals surface area contributed by atoms with Crippen molar-refractivity contribution in [1.82, 2.24) is 0 Å². The Hall–Kier alpha value is -1.73. The van der Waals surface area contributed by atoms with Gasteiger partial charge in [-0.1, -0.05) is 59.6 Å². The van der Waals surface area contributed by atoms with Crippen LogP contribution in [0.4, 0.5) is 11.4 Å². The summed E-state index contributed by atoms with van der Waals surface area (Å²) in [5, 5.41) is 0. The molecule has 2 nitrogen and oxygen atoms in total. The molecule has 0 aromatic heterocycles. The minimum atomic E-state index is 0. The Morgan fingerprint density at radius 1 is 0.613 bits per heavy atom. The first kappa shape index (κ1) is 27.3. The van der Waals surface area contributed by atoms with Gasteiger partial charge in [-0.05, 0) is 92.0 Å². The number of unbranched alkanes of at least 4 members (excludes halogenated alkanes) is 2. The summed E-state index contributed by atoms with van der Waals surface area (Å²) in [4.78, 5) is 10.1. The van der Waals surface area contributed by atoms with E-state index in [0.717, 1.165) is 61.3 Å². The average Bonchev–Trinajstić information content (AvgIpc) is 2.77. The van der Waals surface area contributed by atoms with Crippen molar-refractivity contribution >= 4 is 22.8 Å². The largest absolute Gasteiger partial charge is 0.252 e. The molecule has 0 unspecified atom stereocenters. The number of hydrogen-bond acceptors (Lipinski definition) is 2. The van der Waals surface area contributed by atoms with Gasteiger partial charge >= 0.3 is 0 Å². The molecule has 0 radical (unpaired) electrons. The molecule has 0 aliphatic rings. The molecule has 31 heavy (non-hydrogen) atoms. The molecular formula is C28H40N2Ni. The molecule has 0 N–H and O–H groups in total. The molecule has 0 heterocycles. The van der Waals surface area contributed by atoms with Crippen LogP contribution in [0, 0.1) is 0 Å². The minimum Gasteiger partial charge on any atom is -0.252 e. The Bertz CT molecular complexity index is 836. The SMILES string of the molecule is CCCCCC(=Nc1cc(CC)cc(CC)c1)C(C)=Nc1cc(CC)cc(CC)c1.[Ni]. The van der Waals surface area contributed by atoms with Crippen molar-refractivity contribution in [3.8, 4) is 0 Å². The molecule has 0 amide bonds. The molecule has 3 heteroatoms. The van der Waals surface area contributed by atoms with E-state index in [-0.39, 0.29) is 16.5 Å². The van der Waals surface area contributed by atoms with E-state index in [1.807, 2.05) is 0 Å². The Kier molecular flexibility index (Phi) is 12.6. The number of benzene rings is 2. The van der Waals surface area contributed by atoms with Gasteiger partial charge < -0.3 is 0 Å². The van der Waals surface area contributed by atoms with Crippen LogP contribution >= 0.6 is 0 Å². The topological polar surface area (TPSA) is 24.7 Å². The van der Waals surface area contributed by atoms with E-state index in [9.17, 15) is 0 Å². The summed E-state index contributed by atoms with van der Waals surface area (Å²) in [5.74, 6) is 0. The quantitative estimate of drug-likeness (QED) is 0.182. The van der Waals surface area contributed by atoms with Crippen LogP contribution in [-0.4, -0.2) is 11.4 Å². The van der Waals surface area contributed by atoms with Gasteiger partial charge in [0.15, 0.2) is 0 Å². The maximum atomic E-state index is 5.11. The minimum absolute atomic E-state index is 0. The first-order chi connectivity index (χ1) is 14.5. The summed E-state index contributed by atoms with van der Waals surface area (Å²) in [7, 11) is 0. The zero-order chi connectivity index (χ0) is 21.9. The van der Waals surface area contributed by atoms with Gasteiger partial charge in [-0.2, -0.15) is 0 Å². The monoisotopic (exact) mass is 462 g/mol. The summed E-state index contributed by atoms with van der Waals surface area (Å²) < 4.78 is 0. The molecular weight excluding hydrogens is 423 g/mol. The maximum Gasteiger partial charge on any atom is 0.0639 e. The van der Waals surface area contributed by atoms with Crippen LogP contribution in [0.25, 0.3) is 0 Å². The molecule has 2 rings (SSSR count). The van der Waals surface area contributed by atoms with Crippen molar-refractivity contribution in [1.29, 1.82) is 0 Å². The van der Waals surface area contributed by atoms with Gasteiger partial charge in [-0.15, -0.1) is 0 Å². The number of aliphatic imine (C=N–C) groups is 2. The third-order valence-corrected chi connectivity index (χ3v) is 5.70.